The Balaban J connectivity index is 1.22. The van der Waals surface area contributed by atoms with Gasteiger partial charge < -0.3 is 4.23 Å². The van der Waals surface area contributed by atoms with Crippen molar-refractivity contribution >= 4 is 57.2 Å². The second-order valence-corrected chi connectivity index (χ2v) is 15.9. The minimum absolute atomic E-state index is 0.262. The summed E-state index contributed by atoms with van der Waals surface area (Å²) in [5.41, 5.74) is 8.86. The van der Waals surface area contributed by atoms with Gasteiger partial charge in [0.15, 0.2) is 8.24 Å². The molecule has 0 N–H and O–H groups in total. The highest BCUT2D eigenvalue weighted by atomic mass is 28.3. The fourth-order valence-corrected chi connectivity index (χ4v) is 9.97. The van der Waals surface area contributed by atoms with Crippen LogP contribution in [-0.2, 0) is 0 Å². The van der Waals surface area contributed by atoms with Crippen LogP contribution in [0.4, 0.5) is 0 Å². The van der Waals surface area contributed by atoms with Crippen molar-refractivity contribution in [3.63, 3.8) is 0 Å². The molecule has 5 heteroatoms. The van der Waals surface area contributed by atoms with Crippen LogP contribution in [-0.4, -0.2) is 27.0 Å². The molecule has 0 saturated heterocycles. The Kier molecular flexibility index (Phi) is 5.89. The predicted molar refractivity (Wildman–Crippen MR) is 225 cm³/mol. The van der Waals surface area contributed by atoms with Gasteiger partial charge in [0.25, 0.3) is 0 Å². The molecule has 0 spiro atoms. The summed E-state index contributed by atoms with van der Waals surface area (Å²) in [5.74, 6) is 0. The van der Waals surface area contributed by atoms with Crippen LogP contribution >= 0.6 is 0 Å². The number of pyridine rings is 2. The normalized spacial score (nSPS) is 14.1. The second kappa shape index (κ2) is 12.3. The number of benzene rings is 6. The minimum atomic E-state index is -4.87. The number of aromatic nitrogens is 4. The number of para-hydroxylation sites is 2. The van der Waals surface area contributed by atoms with E-state index in [2.05, 4.69) is 34.9 Å². The van der Waals surface area contributed by atoms with Gasteiger partial charge in [0.1, 0.15) is 5.65 Å². The molecule has 4 aromatic heterocycles. The maximum atomic E-state index is 9.38. The van der Waals surface area contributed by atoms with Gasteiger partial charge in [-0.05, 0) is 88.9 Å². The first-order valence-electron chi connectivity index (χ1n) is 20.7. The molecule has 0 bridgehead atoms. The van der Waals surface area contributed by atoms with Gasteiger partial charge >= 0.3 is 0 Å². The molecule has 252 valence electrons. The first-order valence-corrected chi connectivity index (χ1v) is 19.6. The van der Waals surface area contributed by atoms with Crippen LogP contribution in [0.2, 0.25) is 13.0 Å². The van der Waals surface area contributed by atoms with Crippen molar-refractivity contribution in [1.82, 2.24) is 18.8 Å². The summed E-state index contributed by atoms with van der Waals surface area (Å²) in [6, 6.07) is 54.9. The first kappa shape index (κ1) is 25.4. The van der Waals surface area contributed by atoms with Gasteiger partial charge in [-0.1, -0.05) is 121 Å². The molecule has 10 rings (SSSR count). The van der Waals surface area contributed by atoms with E-state index in [1.165, 1.54) is 0 Å². The summed E-state index contributed by atoms with van der Waals surface area (Å²) in [5, 5.41) is 3.82. The predicted octanol–water partition coefficient (Wildman–Crippen LogP) is 11.6. The smallest absolute Gasteiger partial charge is 0.187 e. The van der Waals surface area contributed by atoms with Gasteiger partial charge in [-0.2, -0.15) is 0 Å². The molecular formula is C48H36N4Si. The van der Waals surface area contributed by atoms with E-state index in [9.17, 15) is 8.22 Å². The molecule has 6 aromatic carbocycles. The van der Waals surface area contributed by atoms with Gasteiger partial charge in [-0.25, -0.2) is 4.98 Å². The van der Waals surface area contributed by atoms with Crippen molar-refractivity contribution in [3.05, 3.63) is 182 Å². The third-order valence-electron chi connectivity index (χ3n) is 10.3. The van der Waals surface area contributed by atoms with Crippen LogP contribution in [0.5, 0.6) is 0 Å². The lowest BCUT2D eigenvalue weighted by atomic mass is 9.94. The van der Waals surface area contributed by atoms with E-state index >= 15 is 0 Å². The molecule has 0 radical (unpaired) electrons. The molecule has 0 unspecified atom stereocenters. The standard InChI is InChI=1S/C48H36N4Si/c1-53(2,37-17-12-16-35(30-37)44-31-34(27-29-49-44)39-19-7-6-18-38(39)33-14-4-3-5-15-33)52-46-24-11-9-20-40(46)42-26-25-36(32-47(42)52)51-45-23-10-8-21-41(45)43-22-13-28-50-48(43)51/h3-32H,1-2H3/i1D3,2D3. The average Bonchev–Trinajstić information content (AvgIpc) is 3.76. The Morgan fingerprint density at radius 2 is 1.15 bits per heavy atom. The summed E-state index contributed by atoms with van der Waals surface area (Å²) < 4.78 is 60.0. The van der Waals surface area contributed by atoms with Crippen LogP contribution in [0.25, 0.3) is 82.9 Å². The van der Waals surface area contributed by atoms with E-state index in [0.717, 1.165) is 60.6 Å². The molecule has 4 nitrogen and oxygen atoms in total. The number of hydrogen-bond donors (Lipinski definition) is 0. The van der Waals surface area contributed by atoms with E-state index in [1.54, 1.807) is 34.8 Å². The molecule has 0 fully saturated rings. The van der Waals surface area contributed by atoms with Gasteiger partial charge in [0, 0.05) is 64.4 Å². The van der Waals surface area contributed by atoms with Crippen molar-refractivity contribution < 1.29 is 8.22 Å². The maximum Gasteiger partial charge on any atom is 0.187 e. The molecule has 4 heterocycles. The number of rotatable bonds is 6. The highest BCUT2D eigenvalue weighted by Gasteiger charge is 2.31. The lowest BCUT2D eigenvalue weighted by Crippen LogP contribution is -2.49. The van der Waals surface area contributed by atoms with E-state index in [1.807, 2.05) is 121 Å². The van der Waals surface area contributed by atoms with Crippen molar-refractivity contribution in [3.8, 4) is 39.2 Å². The van der Waals surface area contributed by atoms with Crippen molar-refractivity contribution in [2.75, 3.05) is 0 Å². The molecule has 10 aromatic rings. The van der Waals surface area contributed by atoms with Crippen LogP contribution in [0.15, 0.2) is 182 Å². The molecule has 0 atom stereocenters. The fourth-order valence-electron chi connectivity index (χ4n) is 7.91. The van der Waals surface area contributed by atoms with Crippen molar-refractivity contribution in [1.29, 1.82) is 0 Å². The minimum Gasteiger partial charge on any atom is -0.364 e. The zero-order chi connectivity index (χ0) is 40.5. The lowest BCUT2D eigenvalue weighted by molar-refractivity contribution is 1.14. The molecule has 0 amide bonds. The Morgan fingerprint density at radius 1 is 0.472 bits per heavy atom. The van der Waals surface area contributed by atoms with Gasteiger partial charge in [0.2, 0.25) is 0 Å². The molecule has 0 aliphatic carbocycles. The van der Waals surface area contributed by atoms with Gasteiger partial charge in [-0.3, -0.25) is 9.55 Å². The van der Waals surface area contributed by atoms with E-state index in [-0.39, 0.29) is 5.19 Å². The van der Waals surface area contributed by atoms with Crippen LogP contribution in [0, 0.1) is 0 Å². The van der Waals surface area contributed by atoms with E-state index < -0.39 is 21.2 Å². The van der Waals surface area contributed by atoms with Crippen LogP contribution < -0.4 is 5.19 Å². The summed E-state index contributed by atoms with van der Waals surface area (Å²) in [6.07, 6.45) is 3.50. The zero-order valence-corrected chi connectivity index (χ0v) is 29.6. The summed E-state index contributed by atoms with van der Waals surface area (Å²) in [7, 11) is -4.87. The lowest BCUT2D eigenvalue weighted by Gasteiger charge is -2.28. The molecule has 0 saturated carbocycles. The zero-order valence-electron chi connectivity index (χ0n) is 34.6. The molecular weight excluding hydrogens is 661 g/mol. The third-order valence-corrected chi connectivity index (χ3v) is 12.6. The summed E-state index contributed by atoms with van der Waals surface area (Å²) in [6.45, 7) is -5.86. The summed E-state index contributed by atoms with van der Waals surface area (Å²) in [4.78, 5) is 9.53. The Bertz CT molecular complexity index is 3150. The topological polar surface area (TPSA) is 35.6 Å². The largest absolute Gasteiger partial charge is 0.364 e. The second-order valence-electron chi connectivity index (χ2n) is 13.4. The van der Waals surface area contributed by atoms with Crippen molar-refractivity contribution in [2.45, 2.75) is 13.0 Å². The maximum absolute atomic E-state index is 9.38. The molecule has 0 aliphatic rings. The quantitative estimate of drug-likeness (QED) is 0.162. The number of nitrogens with zero attached hydrogens (tertiary/aromatic N) is 4. The number of hydrogen-bond acceptors (Lipinski definition) is 2. The fraction of sp³-hybridized carbons (Fsp3) is 0.0417. The Labute approximate surface area is 317 Å². The highest BCUT2D eigenvalue weighted by Crippen LogP contribution is 2.37. The van der Waals surface area contributed by atoms with Crippen LogP contribution in [0.1, 0.15) is 8.22 Å². The third kappa shape index (κ3) is 5.04. The Morgan fingerprint density at radius 3 is 1.98 bits per heavy atom. The first-order chi connectivity index (χ1) is 28.6. The molecule has 0 aliphatic heterocycles. The van der Waals surface area contributed by atoms with Gasteiger partial charge in [0.05, 0.1) is 11.2 Å². The van der Waals surface area contributed by atoms with Crippen molar-refractivity contribution in [2.24, 2.45) is 0 Å². The number of fused-ring (bicyclic) bond motifs is 6. The van der Waals surface area contributed by atoms with Gasteiger partial charge in [-0.15, -0.1) is 0 Å². The van der Waals surface area contributed by atoms with Crippen LogP contribution in [0.3, 0.4) is 0 Å². The van der Waals surface area contributed by atoms with E-state index in [0.29, 0.717) is 22.3 Å². The molecule has 53 heavy (non-hydrogen) atoms. The average molecular weight is 703 g/mol. The SMILES string of the molecule is [2H]C([2H])([2H])[Si](c1cccc(-c2cc(-c3ccccc3-c3ccccc3)ccn2)c1)(n1c2ccccc2c2ccc(-n3c4ccccc4c4cccnc43)cc21)C([2H])([2H])[2H]. The monoisotopic (exact) mass is 702 g/mol. The summed E-state index contributed by atoms with van der Waals surface area (Å²) >= 11 is 0. The Hall–Kier alpha value is -6.56. The highest BCUT2D eigenvalue weighted by molar-refractivity contribution is 6.89. The van der Waals surface area contributed by atoms with E-state index in [4.69, 9.17) is 9.97 Å².